The van der Waals surface area contributed by atoms with Gasteiger partial charge in [-0.3, -0.25) is 9.69 Å². The molecule has 114 valence electrons. The topological polar surface area (TPSA) is 73.6 Å². The van der Waals surface area contributed by atoms with Crippen molar-refractivity contribution in [1.29, 1.82) is 5.26 Å². The Balaban J connectivity index is 1.96. The summed E-state index contributed by atoms with van der Waals surface area (Å²) in [6.45, 7) is 6.97. The normalized spacial score (nSPS) is 21.6. The maximum Gasteiger partial charge on any atom is 0.410 e. The molecule has 2 amide bonds. The third-order valence-electron chi connectivity index (χ3n) is 3.53. The number of hydrogen-bond donors (Lipinski definition) is 0. The van der Waals surface area contributed by atoms with Crippen LogP contribution in [-0.2, 0) is 9.53 Å². The van der Waals surface area contributed by atoms with Gasteiger partial charge in [0.1, 0.15) is 11.6 Å². The summed E-state index contributed by atoms with van der Waals surface area (Å²) in [7, 11) is 0. The number of allylic oxidation sites excluding steroid dienone is 1. The van der Waals surface area contributed by atoms with Crippen molar-refractivity contribution >= 4 is 12.0 Å². The number of carbonyl (C=O) groups is 2. The van der Waals surface area contributed by atoms with Gasteiger partial charge >= 0.3 is 6.09 Å². The predicted molar refractivity (Wildman–Crippen MR) is 76.2 cm³/mol. The van der Waals surface area contributed by atoms with E-state index in [0.717, 1.165) is 12.0 Å². The largest absolute Gasteiger partial charge is 0.444 e. The van der Waals surface area contributed by atoms with E-state index in [1.54, 1.807) is 4.90 Å². The van der Waals surface area contributed by atoms with Gasteiger partial charge in [-0.2, -0.15) is 5.26 Å². The Kier molecular flexibility index (Phi) is 4.21. The molecule has 21 heavy (non-hydrogen) atoms. The summed E-state index contributed by atoms with van der Waals surface area (Å²) >= 11 is 0. The van der Waals surface area contributed by atoms with Crippen LogP contribution in [0.2, 0.25) is 0 Å². The van der Waals surface area contributed by atoms with Crippen molar-refractivity contribution < 1.29 is 14.3 Å². The van der Waals surface area contributed by atoms with E-state index in [0.29, 0.717) is 26.1 Å². The van der Waals surface area contributed by atoms with E-state index in [1.165, 1.54) is 11.0 Å². The summed E-state index contributed by atoms with van der Waals surface area (Å²) in [6, 6.07) is 1.54. The van der Waals surface area contributed by atoms with Crippen LogP contribution in [0.4, 0.5) is 4.79 Å². The molecule has 0 N–H and O–H groups in total. The number of hydrogen-bond acceptors (Lipinski definition) is 4. The first-order chi connectivity index (χ1) is 9.81. The van der Waals surface area contributed by atoms with Crippen molar-refractivity contribution in [2.24, 2.45) is 0 Å². The van der Waals surface area contributed by atoms with Crippen LogP contribution in [0.5, 0.6) is 0 Å². The minimum atomic E-state index is -0.563. The molecule has 6 nitrogen and oxygen atoms in total. The minimum Gasteiger partial charge on any atom is -0.444 e. The third-order valence-corrected chi connectivity index (χ3v) is 3.53. The monoisotopic (exact) mass is 291 g/mol. The molecule has 0 aromatic carbocycles. The molecule has 2 heterocycles. The van der Waals surface area contributed by atoms with Gasteiger partial charge in [-0.25, -0.2) is 4.79 Å². The number of rotatable bonds is 1. The summed E-state index contributed by atoms with van der Waals surface area (Å²) < 4.78 is 5.35. The number of likely N-dealkylation sites (tertiary alicyclic amines) is 2. The van der Waals surface area contributed by atoms with Crippen LogP contribution < -0.4 is 0 Å². The van der Waals surface area contributed by atoms with Gasteiger partial charge in [0, 0.05) is 25.7 Å². The molecule has 2 rings (SSSR count). The molecular formula is C15H21N3O3. The zero-order chi connectivity index (χ0) is 15.6. The second-order valence-electron chi connectivity index (χ2n) is 6.46. The highest BCUT2D eigenvalue weighted by atomic mass is 16.6. The molecule has 0 bridgehead atoms. The lowest BCUT2D eigenvalue weighted by Crippen LogP contribution is -2.53. The van der Waals surface area contributed by atoms with Crippen molar-refractivity contribution in [2.45, 2.75) is 45.3 Å². The average Bonchev–Trinajstić information content (AvgIpc) is 2.79. The van der Waals surface area contributed by atoms with Crippen molar-refractivity contribution in [3.63, 3.8) is 0 Å². The summed E-state index contributed by atoms with van der Waals surface area (Å²) in [5.41, 5.74) is 0.389. The number of nitriles is 1. The summed E-state index contributed by atoms with van der Waals surface area (Å²) in [6.07, 6.45) is 2.53. The van der Waals surface area contributed by atoms with Crippen molar-refractivity contribution in [3.8, 4) is 6.07 Å². The number of nitrogens with zero attached hydrogens (tertiary/aromatic N) is 3. The first-order valence-electron chi connectivity index (χ1n) is 7.18. The molecule has 0 aromatic heterocycles. The zero-order valence-corrected chi connectivity index (χ0v) is 12.8. The fraction of sp³-hybridized carbons (Fsp3) is 0.667. The molecule has 2 saturated heterocycles. The van der Waals surface area contributed by atoms with Gasteiger partial charge in [0.15, 0.2) is 0 Å². The van der Waals surface area contributed by atoms with E-state index in [1.807, 2.05) is 26.8 Å². The van der Waals surface area contributed by atoms with E-state index >= 15 is 0 Å². The average molecular weight is 291 g/mol. The van der Waals surface area contributed by atoms with E-state index in [2.05, 4.69) is 0 Å². The quantitative estimate of drug-likeness (QED) is 0.689. The Labute approximate surface area is 124 Å². The van der Waals surface area contributed by atoms with Crippen LogP contribution >= 0.6 is 0 Å². The zero-order valence-electron chi connectivity index (χ0n) is 12.8. The number of amides is 2. The second-order valence-corrected chi connectivity index (χ2v) is 6.46. The van der Waals surface area contributed by atoms with Crippen LogP contribution in [0.3, 0.4) is 0 Å². The number of carbonyl (C=O) groups excluding carboxylic acids is 2. The molecule has 6 heteroatoms. The fourth-order valence-electron chi connectivity index (χ4n) is 2.56. The smallest absolute Gasteiger partial charge is 0.410 e. The Hall–Kier alpha value is -2.03. The highest BCUT2D eigenvalue weighted by molar-refractivity contribution is 5.87. The van der Waals surface area contributed by atoms with Crippen molar-refractivity contribution in [3.05, 3.63) is 11.6 Å². The van der Waals surface area contributed by atoms with Gasteiger partial charge < -0.3 is 9.64 Å². The van der Waals surface area contributed by atoms with Crippen LogP contribution in [0.1, 0.15) is 33.6 Å². The maximum atomic E-state index is 12.4. The molecule has 0 spiro atoms. The molecule has 2 fully saturated rings. The van der Waals surface area contributed by atoms with Crippen LogP contribution in [0, 0.1) is 11.3 Å². The van der Waals surface area contributed by atoms with Crippen molar-refractivity contribution in [2.75, 3.05) is 19.6 Å². The molecule has 1 unspecified atom stereocenters. The summed E-state index contributed by atoms with van der Waals surface area (Å²) in [5, 5.41) is 8.56. The third kappa shape index (κ3) is 3.54. The van der Waals surface area contributed by atoms with E-state index in [4.69, 9.17) is 10.00 Å². The maximum absolute atomic E-state index is 12.4. The van der Waals surface area contributed by atoms with E-state index < -0.39 is 17.7 Å². The molecular weight excluding hydrogens is 270 g/mol. The van der Waals surface area contributed by atoms with Gasteiger partial charge in [0.05, 0.1) is 6.07 Å². The highest BCUT2D eigenvalue weighted by Gasteiger charge is 2.40. The first-order valence-corrected chi connectivity index (χ1v) is 7.18. The second kappa shape index (κ2) is 5.76. The molecule has 0 radical (unpaired) electrons. The van der Waals surface area contributed by atoms with Gasteiger partial charge in [0.25, 0.3) is 0 Å². The van der Waals surface area contributed by atoms with Crippen LogP contribution in [-0.4, -0.2) is 53.1 Å². The highest BCUT2D eigenvalue weighted by Crippen LogP contribution is 2.25. The molecule has 1 atom stereocenters. The van der Waals surface area contributed by atoms with E-state index in [-0.39, 0.29) is 5.91 Å². The van der Waals surface area contributed by atoms with Gasteiger partial charge in [0.2, 0.25) is 5.91 Å². The van der Waals surface area contributed by atoms with Crippen LogP contribution in [0.15, 0.2) is 11.6 Å². The molecule has 0 saturated carbocycles. The summed E-state index contributed by atoms with van der Waals surface area (Å²) in [4.78, 5) is 27.8. The van der Waals surface area contributed by atoms with E-state index in [9.17, 15) is 9.59 Å². The molecule has 0 aliphatic carbocycles. The SMILES string of the molecule is CC(C)(C)OC(=O)N1CCCC1C(=O)N1CC(=CC#N)C1. The Bertz CT molecular complexity index is 505. The molecule has 0 aromatic rings. The Morgan fingerprint density at radius 2 is 2.05 bits per heavy atom. The van der Waals surface area contributed by atoms with Gasteiger partial charge in [-0.1, -0.05) is 0 Å². The lowest BCUT2D eigenvalue weighted by Gasteiger charge is -2.37. The molecule has 2 aliphatic heterocycles. The predicted octanol–water partition coefficient (Wildman–Crippen LogP) is 1.68. The first kappa shape index (κ1) is 15.4. The number of ether oxygens (including phenoxy) is 1. The van der Waals surface area contributed by atoms with Crippen molar-refractivity contribution in [1.82, 2.24) is 9.80 Å². The molecule has 2 aliphatic rings. The fourth-order valence-corrected chi connectivity index (χ4v) is 2.56. The standard InChI is InChI=1S/C15H21N3O3/c1-15(2,3)21-14(20)18-8-4-5-12(18)13(19)17-9-11(10-17)6-7-16/h6,12H,4-5,8-10H2,1-3H3. The van der Waals surface area contributed by atoms with Gasteiger partial charge in [-0.05, 0) is 39.2 Å². The summed E-state index contributed by atoms with van der Waals surface area (Å²) in [5.74, 6) is -0.0477. The lowest BCUT2D eigenvalue weighted by atomic mass is 10.1. The van der Waals surface area contributed by atoms with Gasteiger partial charge in [-0.15, -0.1) is 0 Å². The Morgan fingerprint density at radius 1 is 1.38 bits per heavy atom. The minimum absolute atomic E-state index is 0.0477. The lowest BCUT2D eigenvalue weighted by molar-refractivity contribution is -0.137. The van der Waals surface area contributed by atoms with Crippen LogP contribution in [0.25, 0.3) is 0 Å². The Morgan fingerprint density at radius 3 is 2.62 bits per heavy atom.